The first kappa shape index (κ1) is 19.4. The fourth-order valence-electron chi connectivity index (χ4n) is 2.75. The monoisotopic (exact) mass is 350 g/mol. The number of allylic oxidation sites excluding steroid dienone is 2. The van der Waals surface area contributed by atoms with E-state index in [1.807, 2.05) is 13.0 Å². The molecule has 2 atom stereocenters. The Labute approximate surface area is 137 Å². The lowest BCUT2D eigenvalue weighted by molar-refractivity contribution is -0.137. The summed E-state index contributed by atoms with van der Waals surface area (Å²) in [5, 5.41) is 13.7. The minimum absolute atomic E-state index is 0.243. The van der Waals surface area contributed by atoms with Crippen molar-refractivity contribution < 1.29 is 28.2 Å². The second kappa shape index (κ2) is 7.25. The third kappa shape index (κ3) is 5.46. The van der Waals surface area contributed by atoms with Gasteiger partial charge in [0.1, 0.15) is 0 Å². The van der Waals surface area contributed by atoms with Gasteiger partial charge in [-0.2, -0.15) is 13.2 Å². The quantitative estimate of drug-likeness (QED) is 0.627. The highest BCUT2D eigenvalue weighted by atomic mass is 35.5. The van der Waals surface area contributed by atoms with E-state index in [4.69, 9.17) is 26.6 Å². The fourth-order valence-corrected chi connectivity index (χ4v) is 2.97. The van der Waals surface area contributed by atoms with Crippen LogP contribution < -0.4 is 0 Å². The maximum absolute atomic E-state index is 12.9. The van der Waals surface area contributed by atoms with Crippen molar-refractivity contribution in [3.05, 3.63) is 46.5 Å². The minimum Gasteiger partial charge on any atom is -0.450 e. The van der Waals surface area contributed by atoms with Crippen molar-refractivity contribution in [3.8, 4) is 0 Å². The Kier molecular flexibility index (Phi) is 6.11. The first-order chi connectivity index (χ1) is 10.5. The molecule has 0 amide bonds. The average Bonchev–Trinajstić information content (AvgIpc) is 2.36. The van der Waals surface area contributed by atoms with Crippen LogP contribution in [0.2, 0.25) is 5.02 Å². The molecule has 128 valence electrons. The van der Waals surface area contributed by atoms with Gasteiger partial charge in [0.15, 0.2) is 0 Å². The van der Waals surface area contributed by atoms with E-state index in [1.54, 1.807) is 6.07 Å². The van der Waals surface area contributed by atoms with Crippen LogP contribution in [0.3, 0.4) is 0 Å². The lowest BCUT2D eigenvalue weighted by Crippen LogP contribution is -2.25. The summed E-state index contributed by atoms with van der Waals surface area (Å²) in [6.07, 6.45) is -0.350. The highest BCUT2D eigenvalue weighted by Gasteiger charge is 2.36. The molecule has 7 heteroatoms. The van der Waals surface area contributed by atoms with Gasteiger partial charge in [0.25, 0.3) is 0 Å². The van der Waals surface area contributed by atoms with Crippen molar-refractivity contribution in [1.82, 2.24) is 0 Å². The molecule has 0 spiro atoms. The summed E-state index contributed by atoms with van der Waals surface area (Å²) in [6, 6.07) is 4.22. The molecular weight excluding hydrogens is 333 g/mol. The normalized spacial score (nSPS) is 23.8. The number of carboxylic acid groups (broad SMARTS) is 2. The van der Waals surface area contributed by atoms with E-state index in [2.05, 4.69) is 13.0 Å². The van der Waals surface area contributed by atoms with Gasteiger partial charge in [-0.15, -0.1) is 0 Å². The van der Waals surface area contributed by atoms with Gasteiger partial charge in [-0.1, -0.05) is 43.7 Å². The number of carbonyl (C=O) groups is 1. The molecule has 2 N–H and O–H groups in total. The van der Waals surface area contributed by atoms with E-state index in [-0.39, 0.29) is 10.4 Å². The van der Waals surface area contributed by atoms with E-state index in [9.17, 15) is 13.2 Å². The second-order valence-electron chi connectivity index (χ2n) is 5.84. The summed E-state index contributed by atoms with van der Waals surface area (Å²) in [4.78, 5) is 8.56. The summed E-state index contributed by atoms with van der Waals surface area (Å²) < 4.78 is 38.7. The first-order valence-electron chi connectivity index (χ1n) is 6.92. The number of hydrogen-bond donors (Lipinski definition) is 2. The molecule has 0 saturated carbocycles. The van der Waals surface area contributed by atoms with Gasteiger partial charge in [-0.05, 0) is 36.5 Å². The zero-order chi connectivity index (χ0) is 17.8. The van der Waals surface area contributed by atoms with Crippen LogP contribution >= 0.6 is 11.6 Å². The molecule has 0 aliphatic heterocycles. The molecular formula is C16H18ClF3O3. The van der Waals surface area contributed by atoms with Crippen molar-refractivity contribution in [2.24, 2.45) is 5.92 Å². The molecule has 0 saturated heterocycles. The Morgan fingerprint density at radius 2 is 1.91 bits per heavy atom. The Morgan fingerprint density at radius 3 is 2.39 bits per heavy atom. The lowest BCUT2D eigenvalue weighted by Gasteiger charge is -2.33. The van der Waals surface area contributed by atoms with Crippen molar-refractivity contribution in [2.75, 3.05) is 0 Å². The van der Waals surface area contributed by atoms with Gasteiger partial charge in [0.2, 0.25) is 0 Å². The topological polar surface area (TPSA) is 57.5 Å². The molecule has 1 aliphatic rings. The van der Waals surface area contributed by atoms with Gasteiger partial charge in [0, 0.05) is 5.41 Å². The number of alkyl halides is 3. The SMILES string of the molecule is C[C@H]1CC=C[C@@](C)(c2ccc(Cl)c(C(F)(F)F)c2)C1.O=C(O)O. The number of halogens is 4. The van der Waals surface area contributed by atoms with E-state index in [0.717, 1.165) is 12.8 Å². The zero-order valence-electron chi connectivity index (χ0n) is 12.7. The molecule has 2 rings (SSSR count). The summed E-state index contributed by atoms with van der Waals surface area (Å²) in [7, 11) is 0. The van der Waals surface area contributed by atoms with Gasteiger partial charge in [0.05, 0.1) is 10.6 Å². The Hall–Kier alpha value is -1.69. The van der Waals surface area contributed by atoms with Crippen LogP contribution in [0, 0.1) is 5.92 Å². The van der Waals surface area contributed by atoms with E-state index in [0.29, 0.717) is 11.5 Å². The molecule has 1 aromatic carbocycles. The predicted octanol–water partition coefficient (Wildman–Crippen LogP) is 5.83. The van der Waals surface area contributed by atoms with Gasteiger partial charge >= 0.3 is 12.3 Å². The van der Waals surface area contributed by atoms with E-state index >= 15 is 0 Å². The second-order valence-corrected chi connectivity index (χ2v) is 6.25. The largest absolute Gasteiger partial charge is 0.503 e. The van der Waals surface area contributed by atoms with Crippen LogP contribution in [0.4, 0.5) is 18.0 Å². The van der Waals surface area contributed by atoms with Crippen molar-refractivity contribution in [1.29, 1.82) is 0 Å². The fraction of sp³-hybridized carbons (Fsp3) is 0.438. The van der Waals surface area contributed by atoms with Crippen LogP contribution in [0.15, 0.2) is 30.4 Å². The smallest absolute Gasteiger partial charge is 0.450 e. The van der Waals surface area contributed by atoms with Crippen LogP contribution in [0.1, 0.15) is 37.8 Å². The molecule has 1 aliphatic carbocycles. The summed E-state index contributed by atoms with van der Waals surface area (Å²) in [5.41, 5.74) is -0.422. The standard InChI is InChI=1S/C15H16ClF3.CH2O3/c1-10-4-3-7-14(2,9-10)11-5-6-13(16)12(8-11)15(17,18)19;2-1(3)4/h3,5-8,10H,4,9H2,1-2H3;(H2,2,3,4)/t10-,14+;/m0./s1. The van der Waals surface area contributed by atoms with Crippen LogP contribution in [0.5, 0.6) is 0 Å². The Bertz CT molecular complexity index is 595. The van der Waals surface area contributed by atoms with Crippen LogP contribution in [-0.4, -0.2) is 16.4 Å². The van der Waals surface area contributed by atoms with Crippen molar-refractivity contribution in [3.63, 3.8) is 0 Å². The number of rotatable bonds is 1. The Balaban J connectivity index is 0.000000593. The van der Waals surface area contributed by atoms with Crippen molar-refractivity contribution in [2.45, 2.75) is 38.3 Å². The third-order valence-corrected chi connectivity index (χ3v) is 4.06. The Morgan fingerprint density at radius 1 is 1.35 bits per heavy atom. The maximum Gasteiger partial charge on any atom is 0.503 e. The maximum atomic E-state index is 12.9. The molecule has 1 aromatic rings. The van der Waals surface area contributed by atoms with Crippen molar-refractivity contribution >= 4 is 17.8 Å². The van der Waals surface area contributed by atoms with Gasteiger partial charge in [-0.25, -0.2) is 4.79 Å². The number of benzene rings is 1. The van der Waals surface area contributed by atoms with E-state index < -0.39 is 17.9 Å². The number of hydrogen-bond acceptors (Lipinski definition) is 1. The average molecular weight is 351 g/mol. The minimum atomic E-state index is -4.41. The van der Waals surface area contributed by atoms with Gasteiger partial charge < -0.3 is 10.2 Å². The molecule has 0 fully saturated rings. The summed E-state index contributed by atoms with van der Waals surface area (Å²) in [6.45, 7) is 4.09. The first-order valence-corrected chi connectivity index (χ1v) is 7.30. The molecule has 3 nitrogen and oxygen atoms in total. The molecule has 0 unspecified atom stereocenters. The van der Waals surface area contributed by atoms with E-state index in [1.165, 1.54) is 12.1 Å². The lowest BCUT2D eigenvalue weighted by atomic mass is 9.71. The van der Waals surface area contributed by atoms with Gasteiger partial charge in [-0.3, -0.25) is 0 Å². The zero-order valence-corrected chi connectivity index (χ0v) is 13.4. The highest BCUT2D eigenvalue weighted by Crippen LogP contribution is 2.41. The molecule has 0 heterocycles. The van der Waals surface area contributed by atoms with Crippen LogP contribution in [0.25, 0.3) is 0 Å². The predicted molar refractivity (Wildman–Crippen MR) is 82.0 cm³/mol. The summed E-state index contributed by atoms with van der Waals surface area (Å²) >= 11 is 5.66. The molecule has 0 aromatic heterocycles. The third-order valence-electron chi connectivity index (χ3n) is 3.73. The molecule has 0 radical (unpaired) electrons. The van der Waals surface area contributed by atoms with Crippen LogP contribution in [-0.2, 0) is 11.6 Å². The summed E-state index contributed by atoms with van der Waals surface area (Å²) in [5.74, 6) is 0.472. The highest BCUT2D eigenvalue weighted by molar-refractivity contribution is 6.31. The molecule has 23 heavy (non-hydrogen) atoms. The molecule has 0 bridgehead atoms.